The zero-order valence-electron chi connectivity index (χ0n) is 23.2. The molecule has 1 fully saturated rings. The molecule has 3 aromatic carbocycles. The van der Waals surface area contributed by atoms with Crippen molar-refractivity contribution in [2.45, 2.75) is 18.4 Å². The van der Waals surface area contributed by atoms with E-state index >= 15 is 0 Å². The summed E-state index contributed by atoms with van der Waals surface area (Å²) in [5.41, 5.74) is 8.40. The van der Waals surface area contributed by atoms with Gasteiger partial charge in [0.2, 0.25) is 0 Å². The molecule has 1 aliphatic rings. The SMILES string of the molecule is C=CN(C)/C(=C\N)C(O)(c1ccc(C(=O)N2CCCC2)cc1)c1ccc2c(c1)c(-c1cccc(Cl)c1)cc(=O)n2C. The number of aliphatic hydroxyl groups is 1. The standard InChI is InChI=1S/C33H33ClN4O3/c1-4-36(2)30(21-35)33(41,24-12-10-22(11-13-24)32(40)38-16-5-6-17-38)25-14-15-29-28(19-25)27(20-31(39)37(29)3)23-8-7-9-26(34)18-23/h4,7-15,18-21,41H,1,5-6,16-17,35H2,2-3H3/b30-21-. The highest BCUT2D eigenvalue weighted by molar-refractivity contribution is 6.30. The molecule has 4 aromatic rings. The fourth-order valence-corrected chi connectivity index (χ4v) is 5.78. The monoisotopic (exact) mass is 568 g/mol. The van der Waals surface area contributed by atoms with E-state index in [1.165, 1.54) is 6.20 Å². The quantitative estimate of drug-likeness (QED) is 0.319. The third-order valence-electron chi connectivity index (χ3n) is 7.93. The van der Waals surface area contributed by atoms with Crippen LogP contribution in [0.1, 0.15) is 34.3 Å². The Labute approximate surface area is 244 Å². The summed E-state index contributed by atoms with van der Waals surface area (Å²) in [7, 11) is 3.47. The van der Waals surface area contributed by atoms with Crippen LogP contribution in [0.4, 0.5) is 0 Å². The van der Waals surface area contributed by atoms with Gasteiger partial charge in [0.25, 0.3) is 11.5 Å². The van der Waals surface area contributed by atoms with Crippen LogP contribution >= 0.6 is 11.6 Å². The molecule has 2 heterocycles. The summed E-state index contributed by atoms with van der Waals surface area (Å²) >= 11 is 6.30. The molecule has 1 aromatic heterocycles. The number of aromatic nitrogens is 1. The molecule has 41 heavy (non-hydrogen) atoms. The van der Waals surface area contributed by atoms with Gasteiger partial charge in [0, 0.05) is 55.4 Å². The summed E-state index contributed by atoms with van der Waals surface area (Å²) < 4.78 is 1.57. The summed E-state index contributed by atoms with van der Waals surface area (Å²) in [6.07, 6.45) is 4.94. The number of pyridine rings is 1. The number of nitrogens with zero attached hydrogens (tertiary/aromatic N) is 3. The molecule has 7 nitrogen and oxygen atoms in total. The Morgan fingerprint density at radius 3 is 2.37 bits per heavy atom. The van der Waals surface area contributed by atoms with Crippen LogP contribution in [-0.2, 0) is 12.6 Å². The molecule has 1 atom stereocenters. The molecule has 1 aliphatic heterocycles. The number of carbonyl (C=O) groups is 1. The molecule has 5 rings (SSSR count). The Kier molecular flexibility index (Phi) is 7.76. The summed E-state index contributed by atoms with van der Waals surface area (Å²) in [4.78, 5) is 29.4. The van der Waals surface area contributed by atoms with E-state index in [4.69, 9.17) is 17.3 Å². The lowest BCUT2D eigenvalue weighted by Crippen LogP contribution is -2.37. The van der Waals surface area contributed by atoms with Crippen LogP contribution in [0.15, 0.2) is 102 Å². The van der Waals surface area contributed by atoms with E-state index in [0.717, 1.165) is 36.9 Å². The van der Waals surface area contributed by atoms with Gasteiger partial charge in [-0.1, -0.05) is 48.5 Å². The minimum atomic E-state index is -1.72. The zero-order chi connectivity index (χ0) is 29.3. The number of aryl methyl sites for hydroxylation is 1. The van der Waals surface area contributed by atoms with E-state index in [-0.39, 0.29) is 11.5 Å². The number of amides is 1. The van der Waals surface area contributed by atoms with Crippen LogP contribution in [-0.4, -0.2) is 45.5 Å². The third kappa shape index (κ3) is 5.03. The van der Waals surface area contributed by atoms with Crippen molar-refractivity contribution in [3.05, 3.63) is 130 Å². The molecule has 8 heteroatoms. The van der Waals surface area contributed by atoms with E-state index in [1.54, 1.807) is 78.3 Å². The molecule has 0 saturated carbocycles. The van der Waals surface area contributed by atoms with Crippen LogP contribution in [0.5, 0.6) is 0 Å². The minimum absolute atomic E-state index is 0.0202. The molecule has 0 radical (unpaired) electrons. The van der Waals surface area contributed by atoms with Gasteiger partial charge in [-0.05, 0) is 77.7 Å². The second kappa shape index (κ2) is 11.3. The molecule has 0 spiro atoms. The summed E-state index contributed by atoms with van der Waals surface area (Å²) in [5.74, 6) is -0.0202. The second-order valence-corrected chi connectivity index (χ2v) is 10.8. The Bertz CT molecular complexity index is 1720. The Morgan fingerprint density at radius 1 is 1.05 bits per heavy atom. The first-order valence-corrected chi connectivity index (χ1v) is 13.9. The van der Waals surface area contributed by atoms with Gasteiger partial charge in [0.05, 0.1) is 11.2 Å². The molecule has 1 saturated heterocycles. The molecule has 3 N–H and O–H groups in total. The summed E-state index contributed by atoms with van der Waals surface area (Å²) in [5, 5.41) is 13.9. The Morgan fingerprint density at radius 2 is 1.73 bits per heavy atom. The topological polar surface area (TPSA) is 91.8 Å². The van der Waals surface area contributed by atoms with Crippen LogP contribution < -0.4 is 11.3 Å². The van der Waals surface area contributed by atoms with E-state index in [2.05, 4.69) is 6.58 Å². The van der Waals surface area contributed by atoms with E-state index in [0.29, 0.717) is 38.5 Å². The van der Waals surface area contributed by atoms with Gasteiger partial charge in [0.15, 0.2) is 5.60 Å². The van der Waals surface area contributed by atoms with Gasteiger partial charge in [-0.2, -0.15) is 0 Å². The number of halogens is 1. The van der Waals surface area contributed by atoms with Crippen LogP contribution in [0.3, 0.4) is 0 Å². The lowest BCUT2D eigenvalue weighted by Gasteiger charge is -2.36. The zero-order valence-corrected chi connectivity index (χ0v) is 23.9. The fraction of sp³-hybridized carbons (Fsp3) is 0.212. The number of benzene rings is 3. The molecule has 1 unspecified atom stereocenters. The number of fused-ring (bicyclic) bond motifs is 1. The Balaban J connectivity index is 1.72. The smallest absolute Gasteiger partial charge is 0.253 e. The molecule has 210 valence electrons. The number of nitrogens with two attached hydrogens (primary N) is 1. The third-order valence-corrected chi connectivity index (χ3v) is 8.16. The average molecular weight is 569 g/mol. The van der Waals surface area contributed by atoms with Crippen molar-refractivity contribution in [1.29, 1.82) is 0 Å². The minimum Gasteiger partial charge on any atom is -0.403 e. The van der Waals surface area contributed by atoms with Gasteiger partial charge >= 0.3 is 0 Å². The number of hydrogen-bond donors (Lipinski definition) is 2. The average Bonchev–Trinajstić information content (AvgIpc) is 3.54. The lowest BCUT2D eigenvalue weighted by molar-refractivity contribution is 0.0791. The number of carbonyl (C=O) groups excluding carboxylic acids is 1. The van der Waals surface area contributed by atoms with Gasteiger partial charge < -0.3 is 25.2 Å². The van der Waals surface area contributed by atoms with Crippen LogP contribution in [0, 0.1) is 0 Å². The first kappa shape index (κ1) is 28.2. The predicted molar refractivity (Wildman–Crippen MR) is 164 cm³/mol. The van der Waals surface area contributed by atoms with Gasteiger partial charge in [-0.15, -0.1) is 0 Å². The number of hydrogen-bond acceptors (Lipinski definition) is 5. The molecule has 1 amide bonds. The van der Waals surface area contributed by atoms with Crippen molar-refractivity contribution in [3.63, 3.8) is 0 Å². The summed E-state index contributed by atoms with van der Waals surface area (Å²) in [6.45, 7) is 5.37. The number of likely N-dealkylation sites (tertiary alicyclic amines) is 1. The van der Waals surface area contributed by atoms with E-state index in [9.17, 15) is 14.7 Å². The van der Waals surface area contributed by atoms with Crippen molar-refractivity contribution in [2.24, 2.45) is 12.8 Å². The van der Waals surface area contributed by atoms with Crippen LogP contribution in [0.25, 0.3) is 22.0 Å². The van der Waals surface area contributed by atoms with Crippen molar-refractivity contribution < 1.29 is 9.90 Å². The van der Waals surface area contributed by atoms with Crippen molar-refractivity contribution in [2.75, 3.05) is 20.1 Å². The van der Waals surface area contributed by atoms with Gasteiger partial charge in [0.1, 0.15) is 0 Å². The number of rotatable bonds is 7. The fourth-order valence-electron chi connectivity index (χ4n) is 5.59. The maximum Gasteiger partial charge on any atom is 0.253 e. The highest BCUT2D eigenvalue weighted by Gasteiger charge is 2.38. The normalized spacial score (nSPS) is 15.1. The van der Waals surface area contributed by atoms with Gasteiger partial charge in [-0.3, -0.25) is 9.59 Å². The largest absolute Gasteiger partial charge is 0.403 e. The van der Waals surface area contributed by atoms with E-state index in [1.807, 2.05) is 29.2 Å². The molecular formula is C33H33ClN4O3. The number of likely N-dealkylation sites (N-methyl/N-ethyl adjacent to an activating group) is 1. The highest BCUT2D eigenvalue weighted by Crippen LogP contribution is 2.40. The highest BCUT2D eigenvalue weighted by atomic mass is 35.5. The van der Waals surface area contributed by atoms with Gasteiger partial charge in [-0.25, -0.2) is 0 Å². The van der Waals surface area contributed by atoms with Crippen LogP contribution in [0.2, 0.25) is 5.02 Å². The lowest BCUT2D eigenvalue weighted by atomic mass is 9.81. The first-order valence-electron chi connectivity index (χ1n) is 13.5. The van der Waals surface area contributed by atoms with Crippen molar-refractivity contribution >= 4 is 28.4 Å². The maximum atomic E-state index is 13.0. The van der Waals surface area contributed by atoms with Crippen molar-refractivity contribution in [1.82, 2.24) is 14.4 Å². The first-order chi connectivity index (χ1) is 19.7. The summed E-state index contributed by atoms with van der Waals surface area (Å²) in [6, 6.07) is 21.4. The van der Waals surface area contributed by atoms with E-state index < -0.39 is 5.60 Å². The maximum absolute atomic E-state index is 13.0. The molecule has 0 aliphatic carbocycles. The Hall–Kier alpha value is -4.33. The second-order valence-electron chi connectivity index (χ2n) is 10.3. The van der Waals surface area contributed by atoms with Crippen molar-refractivity contribution in [3.8, 4) is 11.1 Å². The molecular weight excluding hydrogens is 536 g/mol. The predicted octanol–water partition coefficient (Wildman–Crippen LogP) is 5.21. The molecule has 0 bridgehead atoms.